The van der Waals surface area contributed by atoms with Gasteiger partial charge in [-0.05, 0) is 31.2 Å². The van der Waals surface area contributed by atoms with Gasteiger partial charge in [-0.1, -0.05) is 6.07 Å². The van der Waals surface area contributed by atoms with Crippen LogP contribution in [0.1, 0.15) is 28.6 Å². The number of hydrogen-bond acceptors (Lipinski definition) is 5. The van der Waals surface area contributed by atoms with Crippen molar-refractivity contribution in [3.05, 3.63) is 33.6 Å². The third kappa shape index (κ3) is 2.67. The summed E-state index contributed by atoms with van der Waals surface area (Å²) in [6.07, 6.45) is 3.78. The van der Waals surface area contributed by atoms with Crippen LogP contribution >= 0.6 is 22.7 Å². The molecule has 1 atom stereocenters. The summed E-state index contributed by atoms with van der Waals surface area (Å²) in [6.45, 7) is 3.19. The first-order valence-corrected chi connectivity index (χ1v) is 9.67. The van der Waals surface area contributed by atoms with E-state index in [1.54, 1.807) is 33.2 Å². The highest BCUT2D eigenvalue weighted by atomic mass is 32.2. The van der Waals surface area contributed by atoms with Gasteiger partial charge < -0.3 is 0 Å². The summed E-state index contributed by atoms with van der Waals surface area (Å²) in [5.74, 6) is 0.234. The van der Waals surface area contributed by atoms with Crippen LogP contribution in [0.25, 0.3) is 0 Å². The molecule has 0 aromatic carbocycles. The maximum atomic E-state index is 12.5. The number of aryl methyl sites for hydroxylation is 1. The van der Waals surface area contributed by atoms with E-state index in [4.69, 9.17) is 0 Å². The van der Waals surface area contributed by atoms with Gasteiger partial charge in [-0.15, -0.1) is 22.7 Å². The van der Waals surface area contributed by atoms with Crippen LogP contribution in [0.5, 0.6) is 0 Å². The third-order valence-electron chi connectivity index (χ3n) is 3.46. The summed E-state index contributed by atoms with van der Waals surface area (Å²) in [5, 5.41) is 2.87. The van der Waals surface area contributed by atoms with Crippen molar-refractivity contribution in [2.75, 3.05) is 13.1 Å². The molecule has 1 saturated heterocycles. The Morgan fingerprint density at radius 1 is 1.45 bits per heavy atom. The molecular formula is C13H16N2O2S3. The van der Waals surface area contributed by atoms with Gasteiger partial charge in [-0.3, -0.25) is 0 Å². The molecule has 4 nitrogen and oxygen atoms in total. The molecule has 1 fully saturated rings. The van der Waals surface area contributed by atoms with Gasteiger partial charge in [0, 0.05) is 30.1 Å². The van der Waals surface area contributed by atoms with Crippen molar-refractivity contribution in [1.29, 1.82) is 0 Å². The Kier molecular flexibility index (Phi) is 3.94. The molecule has 0 N–H and O–H groups in total. The fourth-order valence-electron chi connectivity index (χ4n) is 2.46. The molecule has 0 unspecified atom stereocenters. The molecule has 0 aliphatic carbocycles. The molecule has 0 radical (unpaired) electrons. The Morgan fingerprint density at radius 2 is 2.30 bits per heavy atom. The van der Waals surface area contributed by atoms with Gasteiger partial charge in [-0.2, -0.15) is 4.31 Å². The number of piperidine rings is 1. The second kappa shape index (κ2) is 5.55. The highest BCUT2D eigenvalue weighted by molar-refractivity contribution is 7.91. The third-order valence-corrected chi connectivity index (χ3v) is 7.78. The maximum absolute atomic E-state index is 12.5. The number of thiazole rings is 1. The molecular weight excluding hydrogens is 312 g/mol. The van der Waals surface area contributed by atoms with Crippen LogP contribution in [-0.4, -0.2) is 30.8 Å². The molecule has 108 valence electrons. The van der Waals surface area contributed by atoms with Crippen LogP contribution in [0.15, 0.2) is 27.9 Å². The summed E-state index contributed by atoms with van der Waals surface area (Å²) in [6, 6.07) is 3.46. The molecule has 7 heteroatoms. The fourth-order valence-corrected chi connectivity index (χ4v) is 6.03. The molecule has 20 heavy (non-hydrogen) atoms. The molecule has 2 aromatic heterocycles. The molecule has 3 heterocycles. The van der Waals surface area contributed by atoms with E-state index < -0.39 is 10.0 Å². The smallest absolute Gasteiger partial charge is 0.249 e. The van der Waals surface area contributed by atoms with Crippen molar-refractivity contribution in [2.24, 2.45) is 0 Å². The topological polar surface area (TPSA) is 50.3 Å². The van der Waals surface area contributed by atoms with E-state index >= 15 is 0 Å². The van der Waals surface area contributed by atoms with Gasteiger partial charge in [0.2, 0.25) is 0 Å². The minimum Gasteiger partial charge on any atom is -0.249 e. The van der Waals surface area contributed by atoms with Crippen LogP contribution in [0.2, 0.25) is 0 Å². The molecule has 0 spiro atoms. The predicted molar refractivity (Wildman–Crippen MR) is 81.9 cm³/mol. The predicted octanol–water partition coefficient (Wildman–Crippen LogP) is 3.08. The lowest BCUT2D eigenvalue weighted by atomic mass is 10.0. The van der Waals surface area contributed by atoms with Gasteiger partial charge >= 0.3 is 0 Å². The Morgan fingerprint density at radius 3 is 2.95 bits per heavy atom. The van der Waals surface area contributed by atoms with E-state index in [0.29, 0.717) is 17.3 Å². The first kappa shape index (κ1) is 14.2. The Labute approximate surface area is 127 Å². The van der Waals surface area contributed by atoms with E-state index in [1.807, 2.05) is 13.1 Å². The quantitative estimate of drug-likeness (QED) is 0.870. The Bertz CT molecular complexity index is 676. The molecule has 1 aliphatic heterocycles. The molecule has 2 aromatic rings. The van der Waals surface area contributed by atoms with Gasteiger partial charge in [0.15, 0.2) is 0 Å². The second-order valence-corrected chi connectivity index (χ2v) is 9.32. The fraction of sp³-hybridized carbons (Fsp3) is 0.462. The minimum atomic E-state index is -3.32. The molecule has 3 rings (SSSR count). The highest BCUT2D eigenvalue weighted by Gasteiger charge is 2.32. The van der Waals surface area contributed by atoms with Crippen LogP contribution in [0, 0.1) is 6.92 Å². The van der Waals surface area contributed by atoms with E-state index in [9.17, 15) is 8.42 Å². The normalized spacial score (nSPS) is 21.1. The molecule has 0 saturated carbocycles. The van der Waals surface area contributed by atoms with E-state index in [2.05, 4.69) is 4.98 Å². The number of sulfonamides is 1. The Hall–Kier alpha value is -0.760. The number of aromatic nitrogens is 1. The van der Waals surface area contributed by atoms with Crippen LogP contribution in [-0.2, 0) is 10.0 Å². The van der Waals surface area contributed by atoms with Crippen molar-refractivity contribution in [2.45, 2.75) is 29.9 Å². The largest absolute Gasteiger partial charge is 0.252 e. The van der Waals surface area contributed by atoms with E-state index in [0.717, 1.165) is 17.8 Å². The van der Waals surface area contributed by atoms with Gasteiger partial charge in [0.25, 0.3) is 10.0 Å². The average Bonchev–Trinajstić information content (AvgIpc) is 3.10. The first-order valence-electron chi connectivity index (χ1n) is 6.53. The zero-order valence-corrected chi connectivity index (χ0v) is 13.6. The van der Waals surface area contributed by atoms with Crippen molar-refractivity contribution in [3.8, 4) is 0 Å². The highest BCUT2D eigenvalue weighted by Crippen LogP contribution is 2.33. The number of nitrogens with zero attached hydrogens (tertiary/aromatic N) is 2. The second-order valence-electron chi connectivity index (χ2n) is 4.94. The zero-order valence-electron chi connectivity index (χ0n) is 11.2. The standard InChI is InChI=1S/C13H16N2O2S3/c1-10-8-14-13(19-10)11-4-2-6-15(9-11)20(16,17)12-5-3-7-18-12/h3,5,7-8,11H,2,4,6,9H2,1H3/t11-/m0/s1. The summed E-state index contributed by atoms with van der Waals surface area (Å²) in [7, 11) is -3.32. The monoisotopic (exact) mass is 328 g/mol. The zero-order chi connectivity index (χ0) is 14.2. The van der Waals surface area contributed by atoms with E-state index in [1.165, 1.54) is 16.2 Å². The summed E-state index contributed by atoms with van der Waals surface area (Å²) in [5.41, 5.74) is 0. The van der Waals surface area contributed by atoms with Crippen LogP contribution in [0.3, 0.4) is 0 Å². The van der Waals surface area contributed by atoms with Crippen molar-refractivity contribution in [1.82, 2.24) is 9.29 Å². The minimum absolute atomic E-state index is 0.234. The van der Waals surface area contributed by atoms with Crippen LogP contribution < -0.4 is 0 Å². The maximum Gasteiger partial charge on any atom is 0.252 e. The summed E-state index contributed by atoms with van der Waals surface area (Å²) in [4.78, 5) is 5.60. The average molecular weight is 328 g/mol. The Balaban J connectivity index is 1.82. The van der Waals surface area contributed by atoms with E-state index in [-0.39, 0.29) is 5.92 Å². The van der Waals surface area contributed by atoms with Gasteiger partial charge in [0.1, 0.15) is 4.21 Å². The lowest BCUT2D eigenvalue weighted by Crippen LogP contribution is -2.38. The van der Waals surface area contributed by atoms with Crippen molar-refractivity contribution < 1.29 is 8.42 Å². The lowest BCUT2D eigenvalue weighted by Gasteiger charge is -2.30. The number of hydrogen-bond donors (Lipinski definition) is 0. The van der Waals surface area contributed by atoms with Crippen LogP contribution in [0.4, 0.5) is 0 Å². The molecule has 0 amide bonds. The number of thiophene rings is 1. The van der Waals surface area contributed by atoms with Gasteiger partial charge in [0.05, 0.1) is 5.01 Å². The summed E-state index contributed by atoms with van der Waals surface area (Å²) >= 11 is 2.96. The van der Waals surface area contributed by atoms with Crippen molar-refractivity contribution in [3.63, 3.8) is 0 Å². The molecule has 0 bridgehead atoms. The molecule has 1 aliphatic rings. The van der Waals surface area contributed by atoms with Gasteiger partial charge in [-0.25, -0.2) is 13.4 Å². The lowest BCUT2D eigenvalue weighted by molar-refractivity contribution is 0.316. The first-order chi connectivity index (χ1) is 9.57. The summed E-state index contributed by atoms with van der Waals surface area (Å²) < 4.78 is 27.2. The SMILES string of the molecule is Cc1cnc([C@H]2CCCN(S(=O)(=O)c3cccs3)C2)s1. The number of rotatable bonds is 3. The van der Waals surface area contributed by atoms with Crippen molar-refractivity contribution >= 4 is 32.7 Å².